The van der Waals surface area contributed by atoms with Crippen molar-refractivity contribution in [2.75, 3.05) is 13.2 Å². The molecule has 0 saturated carbocycles. The Bertz CT molecular complexity index is 371. The van der Waals surface area contributed by atoms with Crippen LogP contribution in [-0.4, -0.2) is 19.1 Å². The first kappa shape index (κ1) is 15.7. The van der Waals surface area contributed by atoms with E-state index in [0.29, 0.717) is 18.9 Å². The average molecular weight is 263 g/mol. The van der Waals surface area contributed by atoms with Crippen LogP contribution in [0.5, 0.6) is 0 Å². The number of rotatable bonds is 8. The van der Waals surface area contributed by atoms with E-state index in [1.165, 1.54) is 11.1 Å². The van der Waals surface area contributed by atoms with Gasteiger partial charge in [0.25, 0.3) is 0 Å². The van der Waals surface area contributed by atoms with Gasteiger partial charge in [-0.2, -0.15) is 0 Å². The summed E-state index contributed by atoms with van der Waals surface area (Å²) in [5, 5.41) is 3.34. The predicted octanol–water partition coefficient (Wildman–Crippen LogP) is 3.24. The first-order valence-electron chi connectivity index (χ1n) is 7.08. The molecule has 19 heavy (non-hydrogen) atoms. The van der Waals surface area contributed by atoms with Crippen molar-refractivity contribution in [2.24, 2.45) is 0 Å². The highest BCUT2D eigenvalue weighted by molar-refractivity contribution is 5.69. The fourth-order valence-corrected chi connectivity index (χ4v) is 1.84. The predicted molar refractivity (Wildman–Crippen MR) is 78.1 cm³/mol. The molecule has 0 aliphatic heterocycles. The van der Waals surface area contributed by atoms with E-state index in [1.54, 1.807) is 0 Å². The summed E-state index contributed by atoms with van der Waals surface area (Å²) in [6, 6.07) is 8.68. The number of carbonyl (C=O) groups excluding carboxylic acids is 1. The topological polar surface area (TPSA) is 38.3 Å². The second-order valence-corrected chi connectivity index (χ2v) is 4.98. The molecule has 1 aromatic rings. The third-order valence-corrected chi connectivity index (χ3v) is 3.02. The van der Waals surface area contributed by atoms with Gasteiger partial charge in [0.05, 0.1) is 6.61 Å². The van der Waals surface area contributed by atoms with Crippen molar-refractivity contribution in [1.29, 1.82) is 0 Å². The number of ether oxygens (including phenoxy) is 1. The second-order valence-electron chi connectivity index (χ2n) is 4.98. The minimum Gasteiger partial charge on any atom is -0.466 e. The van der Waals surface area contributed by atoms with E-state index in [0.717, 1.165) is 19.5 Å². The molecular formula is C16H25NO2. The summed E-state index contributed by atoms with van der Waals surface area (Å²) < 4.78 is 4.88. The van der Waals surface area contributed by atoms with Gasteiger partial charge >= 0.3 is 5.97 Å². The lowest BCUT2D eigenvalue weighted by atomic mass is 10.0. The fourth-order valence-electron chi connectivity index (χ4n) is 1.84. The maximum atomic E-state index is 11.1. The van der Waals surface area contributed by atoms with Gasteiger partial charge in [-0.25, -0.2) is 0 Å². The maximum Gasteiger partial charge on any atom is 0.305 e. The molecule has 3 heteroatoms. The van der Waals surface area contributed by atoms with Crippen LogP contribution in [0, 0.1) is 0 Å². The summed E-state index contributed by atoms with van der Waals surface area (Å²) in [6.45, 7) is 8.38. The molecule has 1 rings (SSSR count). The van der Waals surface area contributed by atoms with Gasteiger partial charge in [0.1, 0.15) is 0 Å². The Hall–Kier alpha value is -1.35. The molecule has 0 heterocycles. The molecule has 0 saturated heterocycles. The maximum absolute atomic E-state index is 11.1. The minimum atomic E-state index is -0.106. The van der Waals surface area contributed by atoms with E-state index in [4.69, 9.17) is 4.74 Å². The van der Waals surface area contributed by atoms with Crippen LogP contribution >= 0.6 is 0 Å². The van der Waals surface area contributed by atoms with E-state index in [9.17, 15) is 4.79 Å². The minimum absolute atomic E-state index is 0.106. The highest BCUT2D eigenvalue weighted by Crippen LogP contribution is 2.14. The first-order chi connectivity index (χ1) is 9.13. The molecule has 0 spiro atoms. The van der Waals surface area contributed by atoms with E-state index >= 15 is 0 Å². The summed E-state index contributed by atoms with van der Waals surface area (Å²) in [5.74, 6) is 0.470. The Balaban J connectivity index is 2.17. The molecule has 106 valence electrons. The lowest BCUT2D eigenvalue weighted by molar-refractivity contribution is -0.143. The first-order valence-corrected chi connectivity index (χ1v) is 7.08. The normalized spacial score (nSPS) is 10.7. The zero-order chi connectivity index (χ0) is 14.1. The highest BCUT2D eigenvalue weighted by Gasteiger charge is 2.01. The molecular weight excluding hydrogens is 238 g/mol. The number of nitrogens with one attached hydrogen (secondary N) is 1. The van der Waals surface area contributed by atoms with Crippen LogP contribution in [0.15, 0.2) is 24.3 Å². The third-order valence-electron chi connectivity index (χ3n) is 3.02. The van der Waals surface area contributed by atoms with Crippen LogP contribution in [0.25, 0.3) is 0 Å². The SMILES string of the molecule is CCOC(=O)CCCNCc1ccc(C(C)C)cc1. The molecule has 0 atom stereocenters. The zero-order valence-corrected chi connectivity index (χ0v) is 12.2. The Kier molecular flexibility index (Phi) is 7.19. The molecule has 1 aromatic carbocycles. The molecule has 3 nitrogen and oxygen atoms in total. The van der Waals surface area contributed by atoms with Crippen molar-refractivity contribution in [2.45, 2.75) is 46.1 Å². The average Bonchev–Trinajstić information content (AvgIpc) is 2.39. The molecule has 0 amide bonds. The van der Waals surface area contributed by atoms with Crippen LogP contribution in [0.4, 0.5) is 0 Å². The Labute approximate surface area is 116 Å². The van der Waals surface area contributed by atoms with Crippen molar-refractivity contribution in [1.82, 2.24) is 5.32 Å². The van der Waals surface area contributed by atoms with Crippen LogP contribution in [0.2, 0.25) is 0 Å². The Morgan fingerprint density at radius 1 is 1.26 bits per heavy atom. The molecule has 0 aliphatic carbocycles. The van der Waals surface area contributed by atoms with Crippen molar-refractivity contribution < 1.29 is 9.53 Å². The van der Waals surface area contributed by atoms with E-state index < -0.39 is 0 Å². The van der Waals surface area contributed by atoms with Gasteiger partial charge in [0, 0.05) is 13.0 Å². The Morgan fingerprint density at radius 3 is 2.53 bits per heavy atom. The number of hydrogen-bond donors (Lipinski definition) is 1. The monoisotopic (exact) mass is 263 g/mol. The van der Waals surface area contributed by atoms with Crippen LogP contribution < -0.4 is 5.32 Å². The second kappa shape index (κ2) is 8.70. The van der Waals surface area contributed by atoms with E-state index in [1.807, 2.05) is 6.92 Å². The molecule has 0 fully saturated rings. The Morgan fingerprint density at radius 2 is 1.95 bits per heavy atom. The van der Waals surface area contributed by atoms with Crippen molar-refractivity contribution in [3.8, 4) is 0 Å². The molecule has 1 N–H and O–H groups in total. The largest absolute Gasteiger partial charge is 0.466 e. The molecule has 0 aromatic heterocycles. The van der Waals surface area contributed by atoms with Crippen LogP contribution in [-0.2, 0) is 16.1 Å². The van der Waals surface area contributed by atoms with Gasteiger partial charge < -0.3 is 10.1 Å². The number of benzene rings is 1. The van der Waals surface area contributed by atoms with E-state index in [2.05, 4.69) is 43.4 Å². The summed E-state index contributed by atoms with van der Waals surface area (Å²) >= 11 is 0. The lowest BCUT2D eigenvalue weighted by Gasteiger charge is -2.08. The lowest BCUT2D eigenvalue weighted by Crippen LogP contribution is -2.16. The molecule has 0 unspecified atom stereocenters. The van der Waals surface area contributed by atoms with Gasteiger partial charge in [-0.05, 0) is 36.9 Å². The van der Waals surface area contributed by atoms with Gasteiger partial charge in [-0.15, -0.1) is 0 Å². The van der Waals surface area contributed by atoms with Gasteiger partial charge in [0.2, 0.25) is 0 Å². The summed E-state index contributed by atoms with van der Waals surface area (Å²) in [6.07, 6.45) is 1.32. The standard InChI is InChI=1S/C16H25NO2/c1-4-19-16(18)6-5-11-17-12-14-7-9-15(10-8-14)13(2)3/h7-10,13,17H,4-6,11-12H2,1-3H3. The fraction of sp³-hybridized carbons (Fsp3) is 0.562. The zero-order valence-electron chi connectivity index (χ0n) is 12.2. The highest BCUT2D eigenvalue weighted by atomic mass is 16.5. The smallest absolute Gasteiger partial charge is 0.305 e. The van der Waals surface area contributed by atoms with Crippen LogP contribution in [0.1, 0.15) is 50.7 Å². The molecule has 0 aliphatic rings. The quantitative estimate of drug-likeness (QED) is 0.578. The summed E-state index contributed by atoms with van der Waals surface area (Å²) in [7, 11) is 0. The van der Waals surface area contributed by atoms with Gasteiger partial charge in [0.15, 0.2) is 0 Å². The van der Waals surface area contributed by atoms with Crippen molar-refractivity contribution in [3.63, 3.8) is 0 Å². The number of carbonyl (C=O) groups is 1. The van der Waals surface area contributed by atoms with Crippen LogP contribution in [0.3, 0.4) is 0 Å². The van der Waals surface area contributed by atoms with Gasteiger partial charge in [-0.3, -0.25) is 4.79 Å². The van der Waals surface area contributed by atoms with Crippen molar-refractivity contribution >= 4 is 5.97 Å². The summed E-state index contributed by atoms with van der Waals surface area (Å²) in [4.78, 5) is 11.1. The number of hydrogen-bond acceptors (Lipinski definition) is 3. The van der Waals surface area contributed by atoms with Gasteiger partial charge in [-0.1, -0.05) is 38.1 Å². The van der Waals surface area contributed by atoms with Crippen molar-refractivity contribution in [3.05, 3.63) is 35.4 Å². The molecule has 0 bridgehead atoms. The molecule has 0 radical (unpaired) electrons. The number of esters is 1. The summed E-state index contributed by atoms with van der Waals surface area (Å²) in [5.41, 5.74) is 2.64. The van der Waals surface area contributed by atoms with E-state index in [-0.39, 0.29) is 5.97 Å². The third kappa shape index (κ3) is 6.39.